The highest BCUT2D eigenvalue weighted by Crippen LogP contribution is 2.22. The highest BCUT2D eigenvalue weighted by Gasteiger charge is 2.15. The highest BCUT2D eigenvalue weighted by atomic mass is 32.2. The summed E-state index contributed by atoms with van der Waals surface area (Å²) in [5, 5.41) is 0. The maximum atomic E-state index is 5.69. The molecule has 0 heterocycles. The fraction of sp³-hybridized carbons (Fsp3) is 0.900. The molecule has 1 nitrogen and oxygen atoms in total. The van der Waals surface area contributed by atoms with E-state index in [9.17, 15) is 0 Å². The molecule has 1 aliphatic rings. The van der Waals surface area contributed by atoms with Crippen LogP contribution in [-0.2, 0) is 4.74 Å². The fourth-order valence-corrected chi connectivity index (χ4v) is 2.50. The molecule has 3 heteroatoms. The topological polar surface area (TPSA) is 9.23 Å². The molecule has 0 spiro atoms. The van der Waals surface area contributed by atoms with Gasteiger partial charge in [0.15, 0.2) is 0 Å². The van der Waals surface area contributed by atoms with Crippen LogP contribution in [-0.4, -0.2) is 16.2 Å². The van der Waals surface area contributed by atoms with E-state index in [-0.39, 0.29) is 0 Å². The predicted molar refractivity (Wildman–Crippen MR) is 63.3 cm³/mol. The van der Waals surface area contributed by atoms with Gasteiger partial charge in [-0.3, -0.25) is 0 Å². The van der Waals surface area contributed by atoms with E-state index < -0.39 is 0 Å². The molecule has 0 unspecified atom stereocenters. The Bertz CT molecular complexity index is 153. The van der Waals surface area contributed by atoms with E-state index in [1.165, 1.54) is 38.5 Å². The van der Waals surface area contributed by atoms with Gasteiger partial charge in [0.1, 0.15) is 6.10 Å². The van der Waals surface area contributed by atoms with Crippen molar-refractivity contribution in [3.05, 3.63) is 0 Å². The van der Waals surface area contributed by atoms with Gasteiger partial charge in [-0.25, -0.2) is 0 Å². The van der Waals surface area contributed by atoms with Crippen molar-refractivity contribution in [2.24, 2.45) is 0 Å². The van der Waals surface area contributed by atoms with E-state index in [2.05, 4.69) is 6.92 Å². The Morgan fingerprint density at radius 3 is 2.69 bits per heavy atom. The van der Waals surface area contributed by atoms with Crippen molar-refractivity contribution in [1.82, 2.24) is 0 Å². The van der Waals surface area contributed by atoms with Crippen LogP contribution in [0.2, 0.25) is 0 Å². The van der Waals surface area contributed by atoms with E-state index in [0.717, 1.165) is 10.1 Å². The maximum Gasteiger partial charge on any atom is 0.220 e. The van der Waals surface area contributed by atoms with E-state index >= 15 is 0 Å². The van der Waals surface area contributed by atoms with Gasteiger partial charge >= 0.3 is 0 Å². The molecule has 76 valence electrons. The van der Waals surface area contributed by atoms with Gasteiger partial charge in [-0.05, 0) is 44.3 Å². The summed E-state index contributed by atoms with van der Waals surface area (Å²) in [6.45, 7) is 2.16. The van der Waals surface area contributed by atoms with Crippen LogP contribution in [0.5, 0.6) is 0 Å². The van der Waals surface area contributed by atoms with E-state index in [1.54, 1.807) is 11.8 Å². The summed E-state index contributed by atoms with van der Waals surface area (Å²) in [6.07, 6.45) is 7.98. The summed E-state index contributed by atoms with van der Waals surface area (Å²) >= 11 is 6.82. The van der Waals surface area contributed by atoms with Crippen molar-refractivity contribution in [2.75, 3.05) is 5.75 Å². The Morgan fingerprint density at radius 2 is 2.08 bits per heavy atom. The van der Waals surface area contributed by atoms with Crippen LogP contribution in [0.4, 0.5) is 0 Å². The molecule has 13 heavy (non-hydrogen) atoms. The van der Waals surface area contributed by atoms with Crippen LogP contribution >= 0.6 is 24.0 Å². The second-order valence-electron chi connectivity index (χ2n) is 3.48. The normalized spacial score (nSPS) is 18.5. The van der Waals surface area contributed by atoms with Crippen LogP contribution in [0.3, 0.4) is 0 Å². The van der Waals surface area contributed by atoms with Crippen LogP contribution < -0.4 is 0 Å². The number of thioether (sulfide) groups is 1. The fourth-order valence-electron chi connectivity index (χ4n) is 1.54. The van der Waals surface area contributed by atoms with Crippen molar-refractivity contribution in [3.8, 4) is 0 Å². The molecule has 1 saturated carbocycles. The standard InChI is InChI=1S/C10H18OS2/c1-2-8-13-10(12)11-9-6-4-3-5-7-9/h9H,2-8H2,1H3. The van der Waals surface area contributed by atoms with Crippen molar-refractivity contribution in [1.29, 1.82) is 0 Å². The molecule has 0 N–H and O–H groups in total. The molecule has 0 aromatic carbocycles. The Kier molecular flexibility index (Phi) is 5.80. The number of thiocarbonyl (C=S) groups is 1. The molecular formula is C10H18OS2. The predicted octanol–water partition coefficient (Wildman–Crippen LogP) is 3.76. The molecule has 0 aromatic rings. The van der Waals surface area contributed by atoms with Gasteiger partial charge in [-0.1, -0.05) is 25.1 Å². The summed E-state index contributed by atoms with van der Waals surface area (Å²) in [5.41, 5.74) is 0. The third-order valence-electron chi connectivity index (χ3n) is 2.24. The minimum atomic E-state index is 0.422. The Labute approximate surface area is 90.6 Å². The minimum Gasteiger partial charge on any atom is -0.475 e. The Hall–Kier alpha value is 0.240. The molecule has 0 radical (unpaired) electrons. The molecule has 1 aliphatic carbocycles. The zero-order chi connectivity index (χ0) is 9.52. The lowest BCUT2D eigenvalue weighted by molar-refractivity contribution is 0.153. The zero-order valence-corrected chi connectivity index (χ0v) is 9.88. The molecule has 0 bridgehead atoms. The molecule has 1 fully saturated rings. The van der Waals surface area contributed by atoms with Crippen molar-refractivity contribution in [3.63, 3.8) is 0 Å². The van der Waals surface area contributed by atoms with Gasteiger partial charge in [0, 0.05) is 5.75 Å². The van der Waals surface area contributed by atoms with E-state index in [4.69, 9.17) is 17.0 Å². The lowest BCUT2D eigenvalue weighted by atomic mass is 9.98. The lowest BCUT2D eigenvalue weighted by Gasteiger charge is -2.22. The van der Waals surface area contributed by atoms with Crippen LogP contribution in [0.15, 0.2) is 0 Å². The molecular weight excluding hydrogens is 200 g/mol. The van der Waals surface area contributed by atoms with Crippen LogP contribution in [0.25, 0.3) is 0 Å². The molecule has 0 amide bonds. The largest absolute Gasteiger partial charge is 0.475 e. The summed E-state index contributed by atoms with van der Waals surface area (Å²) in [7, 11) is 0. The molecule has 0 atom stereocenters. The Balaban J connectivity index is 2.11. The quantitative estimate of drug-likeness (QED) is 0.667. The molecule has 1 rings (SSSR count). The average Bonchev–Trinajstić information content (AvgIpc) is 2.16. The average molecular weight is 218 g/mol. The first kappa shape index (κ1) is 11.3. The molecule has 0 saturated heterocycles. The first-order chi connectivity index (χ1) is 6.33. The van der Waals surface area contributed by atoms with E-state index in [0.29, 0.717) is 6.10 Å². The minimum absolute atomic E-state index is 0.422. The third kappa shape index (κ3) is 4.87. The second-order valence-corrected chi connectivity index (χ2v) is 5.17. The number of hydrogen-bond acceptors (Lipinski definition) is 3. The van der Waals surface area contributed by atoms with Crippen LogP contribution in [0.1, 0.15) is 45.4 Å². The SMILES string of the molecule is CCCSC(=S)OC1CCCCC1. The molecule has 0 aliphatic heterocycles. The lowest BCUT2D eigenvalue weighted by Crippen LogP contribution is -2.18. The Morgan fingerprint density at radius 1 is 1.38 bits per heavy atom. The van der Waals surface area contributed by atoms with Gasteiger partial charge in [0.2, 0.25) is 4.38 Å². The number of ether oxygens (including phenoxy) is 1. The number of rotatable bonds is 3. The van der Waals surface area contributed by atoms with Gasteiger partial charge in [-0.15, -0.1) is 0 Å². The first-order valence-corrected chi connectivity index (χ1v) is 6.55. The second kappa shape index (κ2) is 6.66. The zero-order valence-electron chi connectivity index (χ0n) is 8.25. The number of hydrogen-bond donors (Lipinski definition) is 0. The molecule has 0 aromatic heterocycles. The summed E-state index contributed by atoms with van der Waals surface area (Å²) in [6, 6.07) is 0. The summed E-state index contributed by atoms with van der Waals surface area (Å²) in [4.78, 5) is 0. The first-order valence-electron chi connectivity index (χ1n) is 5.16. The van der Waals surface area contributed by atoms with Crippen LogP contribution in [0, 0.1) is 0 Å². The summed E-state index contributed by atoms with van der Waals surface area (Å²) < 4.78 is 6.45. The van der Waals surface area contributed by atoms with E-state index in [1.807, 2.05) is 0 Å². The monoisotopic (exact) mass is 218 g/mol. The smallest absolute Gasteiger partial charge is 0.220 e. The van der Waals surface area contributed by atoms with Crippen molar-refractivity contribution >= 4 is 28.4 Å². The third-order valence-corrected chi connectivity index (χ3v) is 3.63. The van der Waals surface area contributed by atoms with Gasteiger partial charge < -0.3 is 4.74 Å². The summed E-state index contributed by atoms with van der Waals surface area (Å²) in [5.74, 6) is 1.09. The van der Waals surface area contributed by atoms with Gasteiger partial charge in [-0.2, -0.15) is 0 Å². The van der Waals surface area contributed by atoms with Crippen molar-refractivity contribution < 1.29 is 4.74 Å². The van der Waals surface area contributed by atoms with Gasteiger partial charge in [0.05, 0.1) is 0 Å². The van der Waals surface area contributed by atoms with Gasteiger partial charge in [0.25, 0.3) is 0 Å². The highest BCUT2D eigenvalue weighted by molar-refractivity contribution is 8.22. The van der Waals surface area contributed by atoms with Crippen molar-refractivity contribution in [2.45, 2.75) is 51.6 Å². The maximum absolute atomic E-state index is 5.69.